The predicted molar refractivity (Wildman–Crippen MR) is 70.9 cm³/mol. The summed E-state index contributed by atoms with van der Waals surface area (Å²) in [5.41, 5.74) is -1.58. The molecule has 0 spiro atoms. The quantitative estimate of drug-likeness (QED) is 0.831. The standard InChI is InChI=1S/C9H12ClO2PS2/c1-2-12-13(11,14)15-7-8-3-5-9(10)6-4-8/h3-6H,2,7H2,1H3,(H,11,14). The fourth-order valence-corrected chi connectivity index (χ4v) is 4.24. The molecule has 0 saturated carbocycles. The van der Waals surface area contributed by atoms with Crippen molar-refractivity contribution < 1.29 is 9.42 Å². The van der Waals surface area contributed by atoms with Gasteiger partial charge in [0.1, 0.15) is 0 Å². The van der Waals surface area contributed by atoms with Gasteiger partial charge in [0.2, 0.25) is 5.69 Å². The summed E-state index contributed by atoms with van der Waals surface area (Å²) < 4.78 is 5.09. The van der Waals surface area contributed by atoms with Gasteiger partial charge in [-0.25, -0.2) is 0 Å². The van der Waals surface area contributed by atoms with Crippen molar-refractivity contribution >= 4 is 40.5 Å². The molecule has 0 heterocycles. The number of halogens is 1. The molecule has 84 valence electrons. The molecule has 0 aliphatic heterocycles. The third kappa shape index (κ3) is 5.34. The first-order valence-electron chi connectivity index (χ1n) is 4.40. The summed E-state index contributed by atoms with van der Waals surface area (Å²) in [5, 5.41) is 0.706. The molecule has 1 N–H and O–H groups in total. The molecule has 1 aromatic rings. The third-order valence-corrected chi connectivity index (χ3v) is 6.17. The molecule has 1 unspecified atom stereocenters. The van der Waals surface area contributed by atoms with Gasteiger partial charge >= 0.3 is 0 Å². The van der Waals surface area contributed by atoms with E-state index in [4.69, 9.17) is 27.9 Å². The van der Waals surface area contributed by atoms with Crippen LogP contribution in [0.2, 0.25) is 5.02 Å². The summed E-state index contributed by atoms with van der Waals surface area (Å²) >= 11 is 12.0. The van der Waals surface area contributed by atoms with Crippen LogP contribution in [-0.2, 0) is 22.1 Å². The van der Waals surface area contributed by atoms with E-state index in [1.165, 1.54) is 11.4 Å². The van der Waals surface area contributed by atoms with Crippen LogP contribution in [0.25, 0.3) is 0 Å². The number of benzene rings is 1. The molecular formula is C9H12ClO2PS2. The molecule has 0 amide bonds. The maximum Gasteiger partial charge on any atom is 0.245 e. The lowest BCUT2D eigenvalue weighted by atomic mass is 10.2. The second kappa shape index (κ2) is 6.24. The Hall–Kier alpha value is 0.430. The lowest BCUT2D eigenvalue weighted by molar-refractivity contribution is 0.340. The molecule has 0 bridgehead atoms. The van der Waals surface area contributed by atoms with E-state index >= 15 is 0 Å². The van der Waals surface area contributed by atoms with Gasteiger partial charge in [0.25, 0.3) is 0 Å². The lowest BCUT2D eigenvalue weighted by Crippen LogP contribution is -1.86. The van der Waals surface area contributed by atoms with Crippen molar-refractivity contribution in [2.75, 3.05) is 6.61 Å². The van der Waals surface area contributed by atoms with Crippen molar-refractivity contribution in [3.8, 4) is 0 Å². The van der Waals surface area contributed by atoms with Crippen LogP contribution in [-0.4, -0.2) is 11.5 Å². The van der Waals surface area contributed by atoms with Gasteiger partial charge < -0.3 is 9.42 Å². The van der Waals surface area contributed by atoms with Gasteiger partial charge in [-0.2, -0.15) is 0 Å². The molecular weight excluding hydrogens is 271 g/mol. The van der Waals surface area contributed by atoms with Crippen LogP contribution >= 0.6 is 28.7 Å². The van der Waals surface area contributed by atoms with Gasteiger partial charge in [-0.1, -0.05) is 35.1 Å². The van der Waals surface area contributed by atoms with E-state index < -0.39 is 5.69 Å². The van der Waals surface area contributed by atoms with E-state index in [9.17, 15) is 4.89 Å². The van der Waals surface area contributed by atoms with Crippen LogP contribution in [0.15, 0.2) is 24.3 Å². The van der Waals surface area contributed by atoms with Crippen LogP contribution < -0.4 is 0 Å². The minimum Gasteiger partial charge on any atom is -0.337 e. The Morgan fingerprint density at radius 3 is 2.60 bits per heavy atom. The average molecular weight is 283 g/mol. The summed E-state index contributed by atoms with van der Waals surface area (Å²) in [4.78, 5) is 9.67. The molecule has 1 aromatic carbocycles. The van der Waals surface area contributed by atoms with E-state index in [2.05, 4.69) is 0 Å². The van der Waals surface area contributed by atoms with E-state index in [0.29, 0.717) is 17.4 Å². The normalized spacial score (nSPS) is 14.9. The van der Waals surface area contributed by atoms with Crippen LogP contribution in [0.4, 0.5) is 0 Å². The van der Waals surface area contributed by atoms with E-state index in [-0.39, 0.29) is 0 Å². The van der Waals surface area contributed by atoms with Gasteiger partial charge in [0.15, 0.2) is 0 Å². The monoisotopic (exact) mass is 282 g/mol. The number of hydrogen-bond donors (Lipinski definition) is 1. The maximum atomic E-state index is 9.67. The molecule has 0 aliphatic rings. The first-order valence-corrected chi connectivity index (χ1v) is 9.04. The van der Waals surface area contributed by atoms with Crippen molar-refractivity contribution in [3.63, 3.8) is 0 Å². The smallest absolute Gasteiger partial charge is 0.245 e. The molecule has 0 saturated heterocycles. The fourth-order valence-electron chi connectivity index (χ4n) is 0.937. The summed E-state index contributed by atoms with van der Waals surface area (Å²) in [5.74, 6) is 0.644. The Bertz CT molecular complexity index is 356. The van der Waals surface area contributed by atoms with Crippen molar-refractivity contribution in [1.29, 1.82) is 0 Å². The predicted octanol–water partition coefficient (Wildman–Crippen LogP) is 3.83. The first kappa shape index (κ1) is 13.5. The van der Waals surface area contributed by atoms with Gasteiger partial charge in [0, 0.05) is 10.8 Å². The molecule has 0 aliphatic carbocycles. The van der Waals surface area contributed by atoms with Crippen molar-refractivity contribution in [2.45, 2.75) is 12.7 Å². The van der Waals surface area contributed by atoms with Crippen molar-refractivity contribution in [3.05, 3.63) is 34.9 Å². The Morgan fingerprint density at radius 1 is 1.47 bits per heavy atom. The number of rotatable bonds is 5. The zero-order chi connectivity index (χ0) is 11.3. The molecule has 1 atom stereocenters. The largest absolute Gasteiger partial charge is 0.337 e. The second-order valence-electron chi connectivity index (χ2n) is 2.79. The average Bonchev–Trinajstić information content (AvgIpc) is 2.17. The summed E-state index contributed by atoms with van der Waals surface area (Å²) in [6.45, 7) is 2.27. The second-order valence-corrected chi connectivity index (χ2v) is 9.40. The molecule has 0 aromatic heterocycles. The SMILES string of the molecule is CCOP(O)(=S)SCc1ccc(Cl)cc1. The maximum absolute atomic E-state index is 9.67. The Kier molecular flexibility index (Phi) is 5.61. The summed E-state index contributed by atoms with van der Waals surface area (Å²) in [7, 11) is 0. The minimum atomic E-state index is -2.65. The first-order chi connectivity index (χ1) is 7.03. The minimum absolute atomic E-state index is 0.446. The van der Waals surface area contributed by atoms with Crippen LogP contribution in [0.3, 0.4) is 0 Å². The zero-order valence-corrected chi connectivity index (χ0v) is 11.5. The van der Waals surface area contributed by atoms with Gasteiger partial charge in [0.05, 0.1) is 6.61 Å². The van der Waals surface area contributed by atoms with Crippen molar-refractivity contribution in [1.82, 2.24) is 0 Å². The molecule has 15 heavy (non-hydrogen) atoms. The highest BCUT2D eigenvalue weighted by atomic mass is 35.5. The third-order valence-electron chi connectivity index (χ3n) is 1.60. The lowest BCUT2D eigenvalue weighted by Gasteiger charge is -2.13. The fraction of sp³-hybridized carbons (Fsp3) is 0.333. The van der Waals surface area contributed by atoms with Crippen molar-refractivity contribution in [2.24, 2.45) is 0 Å². The Balaban J connectivity index is 2.50. The van der Waals surface area contributed by atoms with Crippen LogP contribution in [0, 0.1) is 0 Å². The van der Waals surface area contributed by atoms with Crippen LogP contribution in [0.5, 0.6) is 0 Å². The number of hydrogen-bond acceptors (Lipinski definition) is 3. The van der Waals surface area contributed by atoms with E-state index in [0.717, 1.165) is 5.56 Å². The zero-order valence-electron chi connectivity index (χ0n) is 8.22. The highest BCUT2D eigenvalue weighted by Crippen LogP contribution is 2.57. The van der Waals surface area contributed by atoms with Gasteiger partial charge in [-0.15, -0.1) is 0 Å². The molecule has 2 nitrogen and oxygen atoms in total. The highest BCUT2D eigenvalue weighted by Gasteiger charge is 2.13. The Morgan fingerprint density at radius 2 is 2.07 bits per heavy atom. The Labute approximate surface area is 104 Å². The van der Waals surface area contributed by atoms with Crippen LogP contribution in [0.1, 0.15) is 12.5 Å². The van der Waals surface area contributed by atoms with Gasteiger partial charge in [-0.3, -0.25) is 0 Å². The van der Waals surface area contributed by atoms with Gasteiger partial charge in [-0.05, 0) is 36.4 Å². The van der Waals surface area contributed by atoms with E-state index in [1.54, 1.807) is 0 Å². The van der Waals surface area contributed by atoms with E-state index in [1.807, 2.05) is 31.2 Å². The molecule has 0 fully saturated rings. The molecule has 1 rings (SSSR count). The molecule has 6 heteroatoms. The summed E-state index contributed by atoms with van der Waals surface area (Å²) in [6.07, 6.45) is 0. The molecule has 0 radical (unpaired) electrons. The topological polar surface area (TPSA) is 29.5 Å². The summed E-state index contributed by atoms with van der Waals surface area (Å²) in [6, 6.07) is 7.46. The highest BCUT2D eigenvalue weighted by molar-refractivity contribution is 8.67.